The van der Waals surface area contributed by atoms with Crippen LogP contribution < -0.4 is 15.0 Å². The molecule has 0 aromatic heterocycles. The Labute approximate surface area is 133 Å². The van der Waals surface area contributed by atoms with Crippen molar-refractivity contribution in [2.75, 3.05) is 31.6 Å². The fourth-order valence-electron chi connectivity index (χ4n) is 2.79. The number of methoxy groups -OCH3 is 1. The van der Waals surface area contributed by atoms with E-state index < -0.39 is 10.7 Å². The van der Waals surface area contributed by atoms with Crippen LogP contribution >= 0.6 is 0 Å². The summed E-state index contributed by atoms with van der Waals surface area (Å²) >= 11 is 0. The van der Waals surface area contributed by atoms with Gasteiger partial charge >= 0.3 is 0 Å². The normalized spacial score (nSPS) is 15.3. The monoisotopic (exact) mass is 325 g/mol. The van der Waals surface area contributed by atoms with Crippen molar-refractivity contribution in [3.63, 3.8) is 0 Å². The molecule has 1 N–H and O–H groups in total. The van der Waals surface area contributed by atoms with Gasteiger partial charge in [-0.25, -0.2) is 4.39 Å². The highest BCUT2D eigenvalue weighted by Gasteiger charge is 2.29. The number of nitrogens with one attached hydrogen (secondary N) is 1. The molecule has 126 valence electrons. The summed E-state index contributed by atoms with van der Waals surface area (Å²) in [5.74, 6) is -0.873. The Bertz CT molecular complexity index is 601. The third kappa shape index (κ3) is 3.69. The average molecular weight is 325 g/mol. The topological polar surface area (TPSA) is 84.7 Å². The molecule has 8 heteroatoms. The number of piperidine rings is 1. The SMILES string of the molecule is CCNC(=O)C1CCN(c2cc(OC)c(F)cc2[N+](=O)[O-])CC1. The molecule has 1 fully saturated rings. The van der Waals surface area contributed by atoms with Crippen LogP contribution in [0.15, 0.2) is 12.1 Å². The van der Waals surface area contributed by atoms with E-state index in [0.29, 0.717) is 38.2 Å². The number of nitro benzene ring substituents is 1. The second-order valence-corrected chi connectivity index (χ2v) is 5.39. The van der Waals surface area contributed by atoms with Crippen molar-refractivity contribution in [3.8, 4) is 5.75 Å². The number of amides is 1. The van der Waals surface area contributed by atoms with Crippen molar-refractivity contribution < 1.29 is 18.8 Å². The summed E-state index contributed by atoms with van der Waals surface area (Å²) in [6.07, 6.45) is 1.20. The minimum atomic E-state index is -0.764. The fraction of sp³-hybridized carbons (Fsp3) is 0.533. The molecule has 0 aliphatic carbocycles. The number of hydrogen-bond acceptors (Lipinski definition) is 5. The first kappa shape index (κ1) is 17.0. The lowest BCUT2D eigenvalue weighted by atomic mass is 9.95. The number of carbonyl (C=O) groups is 1. The standard InChI is InChI=1S/C15H20FN3O4/c1-3-17-15(20)10-4-6-18(7-5-10)12-9-14(23-2)11(16)8-13(12)19(21)22/h8-10H,3-7H2,1-2H3,(H,17,20). The number of nitro groups is 1. The van der Waals surface area contributed by atoms with Gasteiger partial charge in [0.15, 0.2) is 11.6 Å². The molecule has 1 amide bonds. The Morgan fingerprint density at radius 1 is 1.48 bits per heavy atom. The summed E-state index contributed by atoms with van der Waals surface area (Å²) < 4.78 is 18.6. The van der Waals surface area contributed by atoms with Crippen molar-refractivity contribution >= 4 is 17.3 Å². The van der Waals surface area contributed by atoms with Crippen molar-refractivity contribution in [2.45, 2.75) is 19.8 Å². The van der Waals surface area contributed by atoms with E-state index in [4.69, 9.17) is 4.74 Å². The van der Waals surface area contributed by atoms with Gasteiger partial charge in [-0.05, 0) is 19.8 Å². The summed E-state index contributed by atoms with van der Waals surface area (Å²) in [7, 11) is 1.31. The molecular formula is C15H20FN3O4. The zero-order chi connectivity index (χ0) is 17.0. The molecule has 23 heavy (non-hydrogen) atoms. The van der Waals surface area contributed by atoms with E-state index in [1.807, 2.05) is 6.92 Å². The number of nitrogens with zero attached hydrogens (tertiary/aromatic N) is 2. The van der Waals surface area contributed by atoms with Crippen LogP contribution in [0.3, 0.4) is 0 Å². The minimum absolute atomic E-state index is 0.0123. The van der Waals surface area contributed by atoms with Gasteiger partial charge < -0.3 is 15.0 Å². The summed E-state index contributed by atoms with van der Waals surface area (Å²) in [5, 5.41) is 14.0. The van der Waals surface area contributed by atoms with Gasteiger partial charge in [-0.3, -0.25) is 14.9 Å². The van der Waals surface area contributed by atoms with Crippen LogP contribution in [0, 0.1) is 21.8 Å². The van der Waals surface area contributed by atoms with Gasteiger partial charge in [0.25, 0.3) is 5.69 Å². The Balaban J connectivity index is 2.19. The lowest BCUT2D eigenvalue weighted by molar-refractivity contribution is -0.384. The Hall–Kier alpha value is -2.38. The molecule has 1 aromatic rings. The summed E-state index contributed by atoms with van der Waals surface area (Å²) in [5.41, 5.74) is 0.0300. The molecule has 0 atom stereocenters. The summed E-state index contributed by atoms with van der Waals surface area (Å²) in [6.45, 7) is 3.44. The van der Waals surface area contributed by atoms with Crippen molar-refractivity contribution in [1.82, 2.24) is 5.32 Å². The van der Waals surface area contributed by atoms with Gasteiger partial charge in [-0.2, -0.15) is 0 Å². The lowest BCUT2D eigenvalue weighted by Crippen LogP contribution is -2.40. The zero-order valence-corrected chi connectivity index (χ0v) is 13.2. The second kappa shape index (κ2) is 7.26. The van der Waals surface area contributed by atoms with Gasteiger partial charge in [-0.15, -0.1) is 0 Å². The maximum absolute atomic E-state index is 13.7. The van der Waals surface area contributed by atoms with Gasteiger partial charge in [-0.1, -0.05) is 0 Å². The Morgan fingerprint density at radius 3 is 2.65 bits per heavy atom. The molecule has 0 bridgehead atoms. The van der Waals surface area contributed by atoms with Gasteiger partial charge in [0, 0.05) is 31.6 Å². The molecule has 1 aliphatic heterocycles. The van der Waals surface area contributed by atoms with Crippen LogP contribution in [0.25, 0.3) is 0 Å². The van der Waals surface area contributed by atoms with Gasteiger partial charge in [0.05, 0.1) is 18.1 Å². The second-order valence-electron chi connectivity index (χ2n) is 5.39. The first-order valence-corrected chi connectivity index (χ1v) is 7.52. The van der Waals surface area contributed by atoms with Gasteiger partial charge in [0.2, 0.25) is 5.91 Å². The molecule has 1 saturated heterocycles. The van der Waals surface area contributed by atoms with E-state index in [-0.39, 0.29) is 23.3 Å². The van der Waals surface area contributed by atoms with Crippen LogP contribution in [0.5, 0.6) is 5.75 Å². The number of ether oxygens (including phenoxy) is 1. The minimum Gasteiger partial charge on any atom is -0.494 e. The first-order chi connectivity index (χ1) is 11.0. The molecule has 7 nitrogen and oxygen atoms in total. The quantitative estimate of drug-likeness (QED) is 0.662. The van der Waals surface area contributed by atoms with Crippen molar-refractivity contribution in [2.24, 2.45) is 5.92 Å². The lowest BCUT2D eigenvalue weighted by Gasteiger charge is -2.32. The fourth-order valence-corrected chi connectivity index (χ4v) is 2.79. The van der Waals surface area contributed by atoms with Crippen LogP contribution in [-0.4, -0.2) is 37.6 Å². The summed E-state index contributed by atoms with van der Waals surface area (Å²) in [4.78, 5) is 24.2. The predicted molar refractivity (Wildman–Crippen MR) is 83.2 cm³/mol. The molecule has 0 saturated carbocycles. The number of benzene rings is 1. The van der Waals surface area contributed by atoms with Crippen molar-refractivity contribution in [3.05, 3.63) is 28.1 Å². The summed E-state index contributed by atoms with van der Waals surface area (Å²) in [6, 6.07) is 2.23. The molecule has 1 heterocycles. The van der Waals surface area contributed by atoms with Crippen LogP contribution in [0.2, 0.25) is 0 Å². The largest absolute Gasteiger partial charge is 0.494 e. The van der Waals surface area contributed by atoms with Crippen molar-refractivity contribution in [1.29, 1.82) is 0 Å². The van der Waals surface area contributed by atoms with Gasteiger partial charge in [0.1, 0.15) is 5.69 Å². The number of rotatable bonds is 5. The number of anilines is 1. The first-order valence-electron chi connectivity index (χ1n) is 7.52. The molecule has 1 aliphatic rings. The van der Waals surface area contributed by atoms with Crippen LogP contribution in [-0.2, 0) is 4.79 Å². The van der Waals surface area contributed by atoms with E-state index >= 15 is 0 Å². The number of halogens is 1. The molecule has 1 aromatic carbocycles. The average Bonchev–Trinajstić information content (AvgIpc) is 2.55. The predicted octanol–water partition coefficient (Wildman–Crippen LogP) is 2.09. The number of hydrogen-bond donors (Lipinski definition) is 1. The number of carbonyl (C=O) groups excluding carboxylic acids is 1. The molecule has 0 unspecified atom stereocenters. The highest BCUT2D eigenvalue weighted by atomic mass is 19.1. The van der Waals surface area contributed by atoms with Crippen LogP contribution in [0.1, 0.15) is 19.8 Å². The van der Waals surface area contributed by atoms with E-state index in [2.05, 4.69) is 5.32 Å². The molecular weight excluding hydrogens is 305 g/mol. The third-order valence-electron chi connectivity index (χ3n) is 4.00. The maximum atomic E-state index is 13.7. The van der Waals surface area contributed by atoms with E-state index in [9.17, 15) is 19.3 Å². The Morgan fingerprint density at radius 2 is 2.13 bits per heavy atom. The van der Waals surface area contributed by atoms with Crippen LogP contribution in [0.4, 0.5) is 15.8 Å². The maximum Gasteiger partial charge on any atom is 0.295 e. The Kier molecular flexibility index (Phi) is 5.36. The smallest absolute Gasteiger partial charge is 0.295 e. The van der Waals surface area contributed by atoms with E-state index in [1.165, 1.54) is 13.2 Å². The van der Waals surface area contributed by atoms with E-state index in [0.717, 1.165) is 6.07 Å². The molecule has 0 spiro atoms. The highest BCUT2D eigenvalue weighted by Crippen LogP contribution is 2.36. The highest BCUT2D eigenvalue weighted by molar-refractivity contribution is 5.79. The third-order valence-corrected chi connectivity index (χ3v) is 4.00. The van der Waals surface area contributed by atoms with E-state index in [1.54, 1.807) is 4.90 Å². The molecule has 2 rings (SSSR count). The molecule has 0 radical (unpaired) electrons. The zero-order valence-electron chi connectivity index (χ0n) is 13.2.